The van der Waals surface area contributed by atoms with Crippen LogP contribution in [0.4, 0.5) is 0 Å². The Morgan fingerprint density at radius 1 is 0.667 bits per heavy atom. The highest BCUT2D eigenvalue weighted by molar-refractivity contribution is 5.50. The zero-order valence-electron chi connectivity index (χ0n) is 15.8. The first-order valence-electron chi connectivity index (χ1n) is 10.0. The van der Waals surface area contributed by atoms with Gasteiger partial charge in [-0.05, 0) is 42.6 Å². The van der Waals surface area contributed by atoms with Crippen LogP contribution in [0.25, 0.3) is 0 Å². The fourth-order valence-electron chi connectivity index (χ4n) is 4.30. The molecule has 2 heteroatoms. The van der Waals surface area contributed by atoms with Gasteiger partial charge in [0.1, 0.15) is 0 Å². The van der Waals surface area contributed by atoms with E-state index in [2.05, 4.69) is 102 Å². The van der Waals surface area contributed by atoms with Crippen LogP contribution in [0.2, 0.25) is 0 Å². The van der Waals surface area contributed by atoms with Gasteiger partial charge in [-0.2, -0.15) is 0 Å². The number of nitrogens with one attached hydrogen (secondary N) is 2. The summed E-state index contributed by atoms with van der Waals surface area (Å²) in [5.41, 5.74) is 3.81. The lowest BCUT2D eigenvalue weighted by atomic mass is 9.69. The van der Waals surface area contributed by atoms with E-state index in [1.54, 1.807) is 0 Å². The summed E-state index contributed by atoms with van der Waals surface area (Å²) in [5.74, 6) is 0. The Labute approximate surface area is 162 Å². The van der Waals surface area contributed by atoms with Crippen molar-refractivity contribution in [2.45, 2.75) is 24.3 Å². The van der Waals surface area contributed by atoms with E-state index in [4.69, 9.17) is 0 Å². The molecule has 0 radical (unpaired) electrons. The zero-order valence-corrected chi connectivity index (χ0v) is 15.8. The Morgan fingerprint density at radius 2 is 1.07 bits per heavy atom. The predicted octanol–water partition coefficient (Wildman–Crippen LogP) is 4.36. The summed E-state index contributed by atoms with van der Waals surface area (Å²) >= 11 is 0. The summed E-state index contributed by atoms with van der Waals surface area (Å²) in [6.45, 7) is 3.11. The maximum Gasteiger partial charge on any atom is 0.0575 e. The van der Waals surface area contributed by atoms with Crippen molar-refractivity contribution in [3.8, 4) is 0 Å². The van der Waals surface area contributed by atoms with Crippen LogP contribution >= 0.6 is 0 Å². The molecule has 1 saturated heterocycles. The molecule has 0 aromatic heterocycles. The lowest BCUT2D eigenvalue weighted by Crippen LogP contribution is -2.47. The fraction of sp³-hybridized carbons (Fsp3) is 0.280. The lowest BCUT2D eigenvalue weighted by molar-refractivity contribution is 0.367. The van der Waals surface area contributed by atoms with Gasteiger partial charge >= 0.3 is 0 Å². The van der Waals surface area contributed by atoms with Crippen molar-refractivity contribution in [1.29, 1.82) is 0 Å². The van der Waals surface area contributed by atoms with Gasteiger partial charge in [-0.25, -0.2) is 0 Å². The van der Waals surface area contributed by atoms with Crippen LogP contribution in [0, 0.1) is 0 Å². The smallest absolute Gasteiger partial charge is 0.0575 e. The standard InChI is InChI=1S/C25H28N2/c1-4-10-21(11-5-1)25(22-12-6-2-7-13-22,23-14-8-3-9-15-23)20-27-24-16-18-26-19-17-24/h1-15,24,26-27H,16-20H2. The van der Waals surface area contributed by atoms with Crippen LogP contribution in [0.5, 0.6) is 0 Å². The topological polar surface area (TPSA) is 24.1 Å². The van der Waals surface area contributed by atoms with Crippen LogP contribution < -0.4 is 10.6 Å². The van der Waals surface area contributed by atoms with Gasteiger partial charge in [0.15, 0.2) is 0 Å². The van der Waals surface area contributed by atoms with Gasteiger partial charge in [-0.15, -0.1) is 0 Å². The van der Waals surface area contributed by atoms with E-state index in [9.17, 15) is 0 Å². The molecule has 0 spiro atoms. The summed E-state index contributed by atoms with van der Waals surface area (Å²) in [5, 5.41) is 7.38. The van der Waals surface area contributed by atoms with E-state index in [0.717, 1.165) is 19.6 Å². The third-order valence-electron chi connectivity index (χ3n) is 5.79. The quantitative estimate of drug-likeness (QED) is 0.641. The number of benzene rings is 3. The van der Waals surface area contributed by atoms with Gasteiger partial charge in [0, 0.05) is 12.6 Å². The first-order valence-corrected chi connectivity index (χ1v) is 10.0. The fourth-order valence-corrected chi connectivity index (χ4v) is 4.30. The Balaban J connectivity index is 1.81. The van der Waals surface area contributed by atoms with E-state index in [1.165, 1.54) is 29.5 Å². The zero-order chi connectivity index (χ0) is 18.4. The Hall–Kier alpha value is -2.42. The second kappa shape index (κ2) is 8.51. The van der Waals surface area contributed by atoms with Gasteiger partial charge in [0.2, 0.25) is 0 Å². The van der Waals surface area contributed by atoms with Crippen LogP contribution in [-0.4, -0.2) is 25.7 Å². The number of piperidine rings is 1. The molecule has 2 N–H and O–H groups in total. The summed E-state index contributed by atoms with van der Waals surface area (Å²) < 4.78 is 0. The predicted molar refractivity (Wildman–Crippen MR) is 113 cm³/mol. The summed E-state index contributed by atoms with van der Waals surface area (Å²) in [7, 11) is 0. The third kappa shape index (κ3) is 3.83. The molecule has 27 heavy (non-hydrogen) atoms. The molecule has 1 aliphatic rings. The monoisotopic (exact) mass is 356 g/mol. The van der Waals surface area contributed by atoms with Crippen LogP contribution in [0.1, 0.15) is 29.5 Å². The number of hydrogen-bond donors (Lipinski definition) is 2. The minimum absolute atomic E-state index is 0.200. The average molecular weight is 357 g/mol. The van der Waals surface area contributed by atoms with E-state index >= 15 is 0 Å². The van der Waals surface area contributed by atoms with E-state index in [0.29, 0.717) is 6.04 Å². The van der Waals surface area contributed by atoms with Gasteiger partial charge in [0.05, 0.1) is 5.41 Å². The molecule has 0 atom stereocenters. The summed E-state index contributed by atoms with van der Waals surface area (Å²) in [4.78, 5) is 0. The van der Waals surface area contributed by atoms with Crippen molar-refractivity contribution in [2.24, 2.45) is 0 Å². The van der Waals surface area contributed by atoms with E-state index in [1.807, 2.05) is 0 Å². The van der Waals surface area contributed by atoms with Crippen molar-refractivity contribution in [3.63, 3.8) is 0 Å². The highest BCUT2D eigenvalue weighted by Gasteiger charge is 2.36. The molecule has 1 aliphatic heterocycles. The maximum atomic E-state index is 3.92. The van der Waals surface area contributed by atoms with Crippen LogP contribution in [0.3, 0.4) is 0 Å². The van der Waals surface area contributed by atoms with Crippen molar-refractivity contribution >= 4 is 0 Å². The second-order valence-corrected chi connectivity index (χ2v) is 7.41. The van der Waals surface area contributed by atoms with Gasteiger partial charge < -0.3 is 10.6 Å². The molecule has 1 heterocycles. The largest absolute Gasteiger partial charge is 0.317 e. The van der Waals surface area contributed by atoms with Crippen molar-refractivity contribution in [3.05, 3.63) is 108 Å². The highest BCUT2D eigenvalue weighted by Crippen LogP contribution is 2.38. The van der Waals surface area contributed by atoms with Crippen molar-refractivity contribution < 1.29 is 0 Å². The highest BCUT2D eigenvalue weighted by atomic mass is 15.0. The van der Waals surface area contributed by atoms with Crippen LogP contribution in [0.15, 0.2) is 91.0 Å². The summed E-state index contributed by atoms with van der Waals surface area (Å²) in [6, 6.07) is 33.4. The van der Waals surface area contributed by atoms with E-state index in [-0.39, 0.29) is 5.41 Å². The molecule has 3 aromatic rings. The SMILES string of the molecule is c1ccc(C(CNC2CCNCC2)(c2ccccc2)c2ccccc2)cc1. The Morgan fingerprint density at radius 3 is 1.48 bits per heavy atom. The first-order chi connectivity index (χ1) is 13.4. The Bertz CT molecular complexity index is 712. The van der Waals surface area contributed by atoms with Crippen molar-refractivity contribution in [1.82, 2.24) is 10.6 Å². The molecule has 0 bridgehead atoms. The molecule has 0 unspecified atom stereocenters. The average Bonchev–Trinajstić information content (AvgIpc) is 2.77. The lowest BCUT2D eigenvalue weighted by Gasteiger charge is -2.38. The second-order valence-electron chi connectivity index (χ2n) is 7.41. The normalized spacial score (nSPS) is 15.6. The van der Waals surface area contributed by atoms with Crippen molar-refractivity contribution in [2.75, 3.05) is 19.6 Å². The minimum Gasteiger partial charge on any atom is -0.317 e. The molecular formula is C25H28N2. The molecular weight excluding hydrogens is 328 g/mol. The molecule has 1 fully saturated rings. The maximum absolute atomic E-state index is 3.92. The van der Waals surface area contributed by atoms with Gasteiger partial charge in [0.25, 0.3) is 0 Å². The molecule has 0 aliphatic carbocycles. The Kier molecular flexibility index (Phi) is 5.66. The molecule has 4 rings (SSSR count). The summed E-state index contributed by atoms with van der Waals surface area (Å²) in [6.07, 6.45) is 2.38. The number of rotatable bonds is 6. The first kappa shape index (κ1) is 18.0. The molecule has 138 valence electrons. The molecule has 2 nitrogen and oxygen atoms in total. The van der Waals surface area contributed by atoms with Crippen LogP contribution in [-0.2, 0) is 5.41 Å². The molecule has 0 amide bonds. The molecule has 0 saturated carbocycles. The third-order valence-corrected chi connectivity index (χ3v) is 5.79. The van der Waals surface area contributed by atoms with E-state index < -0.39 is 0 Å². The van der Waals surface area contributed by atoms with Gasteiger partial charge in [-0.1, -0.05) is 91.0 Å². The van der Waals surface area contributed by atoms with Gasteiger partial charge in [-0.3, -0.25) is 0 Å². The minimum atomic E-state index is -0.200. The number of hydrogen-bond acceptors (Lipinski definition) is 2. The molecule has 3 aromatic carbocycles.